The average Bonchev–Trinajstić information content (AvgIpc) is 3.11. The number of aromatic nitrogens is 1. The van der Waals surface area contributed by atoms with E-state index in [9.17, 15) is 12.8 Å². The lowest BCUT2D eigenvalue weighted by molar-refractivity contribution is 0.374. The minimum Gasteiger partial charge on any atom is -0.497 e. The van der Waals surface area contributed by atoms with Crippen LogP contribution in [0.3, 0.4) is 0 Å². The Morgan fingerprint density at radius 1 is 1.11 bits per heavy atom. The van der Waals surface area contributed by atoms with Gasteiger partial charge in [0.2, 0.25) is 10.0 Å². The van der Waals surface area contributed by atoms with Gasteiger partial charge < -0.3 is 9.26 Å². The van der Waals surface area contributed by atoms with Gasteiger partial charge in [0.1, 0.15) is 11.6 Å². The van der Waals surface area contributed by atoms with Crippen LogP contribution in [-0.2, 0) is 23.1 Å². The third-order valence-corrected chi connectivity index (χ3v) is 5.19. The highest BCUT2D eigenvalue weighted by molar-refractivity contribution is 7.88. The molecule has 0 saturated carbocycles. The van der Waals surface area contributed by atoms with Crippen molar-refractivity contribution in [1.82, 2.24) is 9.46 Å². The van der Waals surface area contributed by atoms with Gasteiger partial charge in [0.15, 0.2) is 5.76 Å². The highest BCUT2D eigenvalue weighted by Crippen LogP contribution is 2.25. The van der Waals surface area contributed by atoms with Gasteiger partial charge in [-0.3, -0.25) is 0 Å². The predicted molar refractivity (Wildman–Crippen MR) is 99.0 cm³/mol. The first-order valence-corrected chi connectivity index (χ1v) is 9.99. The number of benzene rings is 2. The van der Waals surface area contributed by atoms with Crippen LogP contribution in [0.25, 0.3) is 11.3 Å². The van der Waals surface area contributed by atoms with Crippen LogP contribution in [0.5, 0.6) is 5.75 Å². The summed E-state index contributed by atoms with van der Waals surface area (Å²) in [6.07, 6.45) is 1.12. The molecular weight excluding hydrogens is 371 g/mol. The predicted octanol–water partition coefficient (Wildman–Crippen LogP) is 3.45. The van der Waals surface area contributed by atoms with E-state index in [1.807, 2.05) is 18.2 Å². The molecule has 0 atom stereocenters. The molecule has 0 unspecified atom stereocenters. The number of hydrogen-bond acceptors (Lipinski definition) is 5. The van der Waals surface area contributed by atoms with Gasteiger partial charge in [0, 0.05) is 18.2 Å². The number of hydrogen-bond donors (Lipinski definition) is 0. The number of nitrogens with zero attached hydrogens (tertiary/aromatic N) is 2. The Kier molecular flexibility index (Phi) is 5.57. The second-order valence-corrected chi connectivity index (χ2v) is 8.05. The molecule has 0 spiro atoms. The zero-order valence-corrected chi connectivity index (χ0v) is 15.7. The van der Waals surface area contributed by atoms with Gasteiger partial charge in [-0.05, 0) is 29.8 Å². The molecule has 1 heterocycles. The van der Waals surface area contributed by atoms with Crippen LogP contribution in [-0.4, -0.2) is 31.2 Å². The van der Waals surface area contributed by atoms with Gasteiger partial charge >= 0.3 is 0 Å². The SMILES string of the molecule is COc1cccc(-c2cc(CN(Cc3ccc(F)cc3)S(C)(=O)=O)no2)c1. The van der Waals surface area contributed by atoms with Gasteiger partial charge in [0.25, 0.3) is 0 Å². The molecule has 0 aliphatic heterocycles. The first-order chi connectivity index (χ1) is 12.8. The molecule has 2 aromatic carbocycles. The van der Waals surface area contributed by atoms with Crippen LogP contribution in [0.4, 0.5) is 4.39 Å². The monoisotopic (exact) mass is 390 g/mol. The summed E-state index contributed by atoms with van der Waals surface area (Å²) in [5.74, 6) is 0.822. The van der Waals surface area contributed by atoms with E-state index in [0.29, 0.717) is 22.8 Å². The van der Waals surface area contributed by atoms with Crippen molar-refractivity contribution >= 4 is 10.0 Å². The summed E-state index contributed by atoms with van der Waals surface area (Å²) in [5.41, 5.74) is 1.93. The van der Waals surface area contributed by atoms with E-state index in [1.165, 1.54) is 16.4 Å². The van der Waals surface area contributed by atoms with Crippen LogP contribution >= 0.6 is 0 Å². The van der Waals surface area contributed by atoms with Gasteiger partial charge in [-0.25, -0.2) is 12.8 Å². The maximum absolute atomic E-state index is 13.1. The largest absolute Gasteiger partial charge is 0.497 e. The molecular formula is C19H19FN2O4S. The molecule has 6 nitrogen and oxygen atoms in total. The lowest BCUT2D eigenvalue weighted by Crippen LogP contribution is -2.29. The zero-order chi connectivity index (χ0) is 19.4. The van der Waals surface area contributed by atoms with Gasteiger partial charge in [-0.15, -0.1) is 0 Å². The maximum atomic E-state index is 13.1. The Hall–Kier alpha value is -2.71. The fraction of sp³-hybridized carbons (Fsp3) is 0.211. The first kappa shape index (κ1) is 19.1. The molecule has 1 aromatic heterocycles. The maximum Gasteiger partial charge on any atom is 0.211 e. The van der Waals surface area contributed by atoms with E-state index in [2.05, 4.69) is 5.16 Å². The van der Waals surface area contributed by atoms with E-state index in [4.69, 9.17) is 9.26 Å². The number of sulfonamides is 1. The molecule has 3 aromatic rings. The Balaban J connectivity index is 1.80. The highest BCUT2D eigenvalue weighted by Gasteiger charge is 2.20. The normalized spacial score (nSPS) is 11.7. The fourth-order valence-corrected chi connectivity index (χ4v) is 3.31. The number of ether oxygens (including phenoxy) is 1. The van der Waals surface area contributed by atoms with E-state index < -0.39 is 10.0 Å². The van der Waals surface area contributed by atoms with Crippen LogP contribution in [0.1, 0.15) is 11.3 Å². The second kappa shape index (κ2) is 7.89. The van der Waals surface area contributed by atoms with Gasteiger partial charge in [0.05, 0.1) is 25.6 Å². The van der Waals surface area contributed by atoms with E-state index in [-0.39, 0.29) is 18.9 Å². The van der Waals surface area contributed by atoms with Crippen LogP contribution in [0.2, 0.25) is 0 Å². The van der Waals surface area contributed by atoms with Crippen molar-refractivity contribution in [2.24, 2.45) is 0 Å². The summed E-state index contributed by atoms with van der Waals surface area (Å²) < 4.78 is 49.1. The minimum absolute atomic E-state index is 0.0453. The van der Waals surface area contributed by atoms with Crippen molar-refractivity contribution in [2.45, 2.75) is 13.1 Å². The smallest absolute Gasteiger partial charge is 0.211 e. The molecule has 0 saturated heterocycles. The molecule has 142 valence electrons. The Morgan fingerprint density at radius 2 is 1.85 bits per heavy atom. The lowest BCUT2D eigenvalue weighted by atomic mass is 10.1. The molecule has 8 heteroatoms. The van der Waals surface area contributed by atoms with E-state index in [1.54, 1.807) is 31.4 Å². The molecule has 0 aliphatic carbocycles. The van der Waals surface area contributed by atoms with Crippen molar-refractivity contribution in [3.05, 3.63) is 71.7 Å². The quantitative estimate of drug-likeness (QED) is 0.618. The summed E-state index contributed by atoms with van der Waals surface area (Å²) in [4.78, 5) is 0. The topological polar surface area (TPSA) is 72.6 Å². The Morgan fingerprint density at radius 3 is 2.52 bits per heavy atom. The van der Waals surface area contributed by atoms with Crippen molar-refractivity contribution in [2.75, 3.05) is 13.4 Å². The summed E-state index contributed by atoms with van der Waals surface area (Å²) in [5, 5.41) is 3.98. The van der Waals surface area contributed by atoms with E-state index >= 15 is 0 Å². The van der Waals surface area contributed by atoms with Gasteiger partial charge in [-0.1, -0.05) is 29.4 Å². The number of rotatable bonds is 7. The zero-order valence-electron chi connectivity index (χ0n) is 14.9. The van der Waals surface area contributed by atoms with Crippen molar-refractivity contribution in [3.8, 4) is 17.1 Å². The third-order valence-electron chi connectivity index (χ3n) is 3.99. The fourth-order valence-electron chi connectivity index (χ4n) is 2.56. The molecule has 0 amide bonds. The van der Waals surface area contributed by atoms with Crippen LogP contribution in [0, 0.1) is 5.82 Å². The molecule has 0 N–H and O–H groups in total. The molecule has 0 bridgehead atoms. The number of methoxy groups -OCH3 is 1. The molecule has 27 heavy (non-hydrogen) atoms. The number of halogens is 1. The van der Waals surface area contributed by atoms with Crippen molar-refractivity contribution < 1.29 is 22.1 Å². The summed E-state index contributed by atoms with van der Waals surface area (Å²) >= 11 is 0. The molecule has 0 fully saturated rings. The standard InChI is InChI=1S/C19H19FN2O4S/c1-25-18-5-3-4-15(10-18)19-11-17(21-26-19)13-22(27(2,23)24)12-14-6-8-16(20)9-7-14/h3-11H,12-13H2,1-2H3. The Bertz CT molecular complexity index is 1020. The Labute approximate surface area is 157 Å². The highest BCUT2D eigenvalue weighted by atomic mass is 32.2. The summed E-state index contributed by atoms with van der Waals surface area (Å²) in [6, 6.07) is 14.7. The third kappa shape index (κ3) is 4.93. The molecule has 0 aliphatic rings. The average molecular weight is 390 g/mol. The summed E-state index contributed by atoms with van der Waals surface area (Å²) in [7, 11) is -1.93. The van der Waals surface area contributed by atoms with Gasteiger partial charge in [-0.2, -0.15) is 4.31 Å². The van der Waals surface area contributed by atoms with Crippen LogP contribution in [0.15, 0.2) is 59.1 Å². The first-order valence-electron chi connectivity index (χ1n) is 8.15. The van der Waals surface area contributed by atoms with Crippen molar-refractivity contribution in [1.29, 1.82) is 0 Å². The lowest BCUT2D eigenvalue weighted by Gasteiger charge is -2.18. The molecule has 0 radical (unpaired) electrons. The summed E-state index contributed by atoms with van der Waals surface area (Å²) in [6.45, 7) is 0.157. The van der Waals surface area contributed by atoms with Crippen molar-refractivity contribution in [3.63, 3.8) is 0 Å². The van der Waals surface area contributed by atoms with Crippen LogP contribution < -0.4 is 4.74 Å². The van der Waals surface area contributed by atoms with E-state index in [0.717, 1.165) is 11.8 Å². The molecule has 3 rings (SSSR count). The minimum atomic E-state index is -3.50. The second-order valence-electron chi connectivity index (χ2n) is 6.07.